The van der Waals surface area contributed by atoms with Crippen LogP contribution in [-0.2, 0) is 6.61 Å². The second-order valence-electron chi connectivity index (χ2n) is 6.73. The Morgan fingerprint density at radius 1 is 1.08 bits per heavy atom. The fraction of sp³-hybridized carbons (Fsp3) is 0.350. The second kappa shape index (κ2) is 6.29. The van der Waals surface area contributed by atoms with Gasteiger partial charge in [-0.1, -0.05) is 30.3 Å². The van der Waals surface area contributed by atoms with E-state index in [1.807, 2.05) is 59.5 Å². The Morgan fingerprint density at radius 3 is 2.54 bits per heavy atom. The lowest BCUT2D eigenvalue weighted by molar-refractivity contribution is 0.0691. The number of rotatable bonds is 4. The Bertz CT molecular complexity index is 708. The van der Waals surface area contributed by atoms with Crippen LogP contribution in [0.2, 0.25) is 0 Å². The second-order valence-corrected chi connectivity index (χ2v) is 6.73. The Balaban J connectivity index is 1.37. The number of carbonyl (C=O) groups excluding carboxylic acids is 1. The van der Waals surface area contributed by atoms with E-state index in [0.717, 1.165) is 36.5 Å². The van der Waals surface area contributed by atoms with E-state index in [4.69, 9.17) is 4.74 Å². The molecule has 0 bridgehead atoms. The minimum absolute atomic E-state index is 0.123. The Hall–Kier alpha value is -2.33. The zero-order valence-corrected chi connectivity index (χ0v) is 13.7. The predicted molar refractivity (Wildman–Crippen MR) is 93.1 cm³/mol. The van der Waals surface area contributed by atoms with Crippen LogP contribution in [0.4, 0.5) is 0 Å². The minimum Gasteiger partial charge on any atom is -0.489 e. The highest BCUT2D eigenvalue weighted by atomic mass is 16.5. The van der Waals surface area contributed by atoms with E-state index < -0.39 is 0 Å². The van der Waals surface area contributed by atoms with E-state index in [1.54, 1.807) is 0 Å². The lowest BCUT2D eigenvalue weighted by Gasteiger charge is -2.34. The Labute approximate surface area is 142 Å². The number of hydrogen-bond acceptors (Lipinski definition) is 3. The van der Waals surface area contributed by atoms with Gasteiger partial charge in [0.25, 0.3) is 5.91 Å². The van der Waals surface area contributed by atoms with Crippen molar-refractivity contribution in [1.82, 2.24) is 10.2 Å². The van der Waals surface area contributed by atoms with Gasteiger partial charge in [0.15, 0.2) is 0 Å². The maximum Gasteiger partial charge on any atom is 0.253 e. The van der Waals surface area contributed by atoms with Crippen LogP contribution in [-0.4, -0.2) is 36.0 Å². The summed E-state index contributed by atoms with van der Waals surface area (Å²) in [5, 5.41) is 3.53. The third-order valence-electron chi connectivity index (χ3n) is 4.87. The summed E-state index contributed by atoms with van der Waals surface area (Å²) in [7, 11) is 0. The smallest absolute Gasteiger partial charge is 0.253 e. The molecule has 1 amide bonds. The SMILES string of the molecule is O=C(c1ccc(OCc2ccccc2)cc1)N1CCNC2(CC2)C1. The summed E-state index contributed by atoms with van der Waals surface area (Å²) in [6, 6.07) is 17.6. The van der Waals surface area contributed by atoms with Crippen LogP contribution in [0.25, 0.3) is 0 Å². The number of nitrogens with one attached hydrogen (secondary N) is 1. The lowest BCUT2D eigenvalue weighted by Crippen LogP contribution is -2.54. The Kier molecular flexibility index (Phi) is 3.98. The van der Waals surface area contributed by atoms with Gasteiger partial charge in [0.05, 0.1) is 0 Å². The van der Waals surface area contributed by atoms with Crippen molar-refractivity contribution in [2.45, 2.75) is 25.0 Å². The van der Waals surface area contributed by atoms with E-state index in [2.05, 4.69) is 5.32 Å². The maximum absolute atomic E-state index is 12.7. The molecule has 2 aliphatic rings. The summed E-state index contributed by atoms with van der Waals surface area (Å²) in [6.45, 7) is 3.05. The lowest BCUT2D eigenvalue weighted by atomic mass is 10.1. The van der Waals surface area contributed by atoms with E-state index >= 15 is 0 Å². The average Bonchev–Trinajstić information content (AvgIpc) is 3.39. The molecule has 1 aliphatic carbocycles. The first kappa shape index (κ1) is 15.2. The largest absolute Gasteiger partial charge is 0.489 e. The minimum atomic E-state index is 0.123. The summed E-state index contributed by atoms with van der Waals surface area (Å²) >= 11 is 0. The fourth-order valence-electron chi connectivity index (χ4n) is 3.23. The predicted octanol–water partition coefficient (Wildman–Crippen LogP) is 2.84. The van der Waals surface area contributed by atoms with Gasteiger partial charge < -0.3 is 15.0 Å². The Morgan fingerprint density at radius 2 is 1.83 bits per heavy atom. The van der Waals surface area contributed by atoms with Crippen LogP contribution in [0.3, 0.4) is 0 Å². The van der Waals surface area contributed by atoms with Crippen molar-refractivity contribution in [3.63, 3.8) is 0 Å². The van der Waals surface area contributed by atoms with Crippen molar-refractivity contribution >= 4 is 5.91 Å². The summed E-state index contributed by atoms with van der Waals surface area (Å²) < 4.78 is 5.78. The molecule has 4 rings (SSSR count). The van der Waals surface area contributed by atoms with E-state index in [0.29, 0.717) is 6.61 Å². The molecule has 0 unspecified atom stereocenters. The van der Waals surface area contributed by atoms with Gasteiger partial charge in [-0.25, -0.2) is 0 Å². The van der Waals surface area contributed by atoms with Gasteiger partial charge >= 0.3 is 0 Å². The molecule has 1 aliphatic heterocycles. The highest BCUT2D eigenvalue weighted by Gasteiger charge is 2.46. The monoisotopic (exact) mass is 322 g/mol. The first-order valence-corrected chi connectivity index (χ1v) is 8.55. The fourth-order valence-corrected chi connectivity index (χ4v) is 3.23. The topological polar surface area (TPSA) is 41.6 Å². The number of carbonyl (C=O) groups is 1. The molecule has 1 N–H and O–H groups in total. The third-order valence-corrected chi connectivity index (χ3v) is 4.87. The van der Waals surface area contributed by atoms with E-state index in [-0.39, 0.29) is 11.4 Å². The van der Waals surface area contributed by atoms with Crippen molar-refractivity contribution in [2.75, 3.05) is 19.6 Å². The number of benzene rings is 2. The van der Waals surface area contributed by atoms with Crippen LogP contribution >= 0.6 is 0 Å². The maximum atomic E-state index is 12.7. The van der Waals surface area contributed by atoms with Gasteiger partial charge in [0.2, 0.25) is 0 Å². The number of piperazine rings is 1. The molecular formula is C20H22N2O2. The molecule has 4 nitrogen and oxygen atoms in total. The number of nitrogens with zero attached hydrogens (tertiary/aromatic N) is 1. The highest BCUT2D eigenvalue weighted by Crippen LogP contribution is 2.37. The van der Waals surface area contributed by atoms with Crippen molar-refractivity contribution in [3.8, 4) is 5.75 Å². The number of hydrogen-bond donors (Lipinski definition) is 1. The van der Waals surface area contributed by atoms with Crippen LogP contribution < -0.4 is 10.1 Å². The third kappa shape index (κ3) is 3.29. The molecule has 0 radical (unpaired) electrons. The quantitative estimate of drug-likeness (QED) is 0.941. The summed E-state index contributed by atoms with van der Waals surface area (Å²) in [5.41, 5.74) is 2.08. The van der Waals surface area contributed by atoms with Crippen molar-refractivity contribution in [2.24, 2.45) is 0 Å². The normalized spacial score (nSPS) is 18.4. The van der Waals surface area contributed by atoms with E-state index in [1.165, 1.54) is 12.8 Å². The number of ether oxygens (including phenoxy) is 1. The van der Waals surface area contributed by atoms with Crippen molar-refractivity contribution in [1.29, 1.82) is 0 Å². The molecule has 2 aromatic carbocycles. The molecule has 4 heteroatoms. The molecule has 1 spiro atoms. The zero-order chi connectivity index (χ0) is 16.4. The van der Waals surface area contributed by atoms with E-state index in [9.17, 15) is 4.79 Å². The van der Waals surface area contributed by atoms with Crippen LogP contribution in [0.1, 0.15) is 28.8 Å². The molecule has 24 heavy (non-hydrogen) atoms. The summed E-state index contributed by atoms with van der Waals surface area (Å²) in [5.74, 6) is 0.909. The van der Waals surface area contributed by atoms with Gasteiger partial charge in [-0.15, -0.1) is 0 Å². The summed E-state index contributed by atoms with van der Waals surface area (Å²) in [4.78, 5) is 14.6. The molecule has 0 atom stereocenters. The number of amides is 1. The average molecular weight is 322 g/mol. The van der Waals surface area contributed by atoms with Crippen molar-refractivity contribution < 1.29 is 9.53 Å². The molecule has 0 aromatic heterocycles. The van der Waals surface area contributed by atoms with Crippen molar-refractivity contribution in [3.05, 3.63) is 65.7 Å². The highest BCUT2D eigenvalue weighted by molar-refractivity contribution is 5.94. The first-order valence-electron chi connectivity index (χ1n) is 8.55. The van der Waals surface area contributed by atoms with Gasteiger partial charge in [-0.2, -0.15) is 0 Å². The molecular weight excluding hydrogens is 300 g/mol. The molecule has 1 saturated heterocycles. The van der Waals surface area contributed by atoms with Gasteiger partial charge in [0, 0.05) is 30.7 Å². The first-order chi connectivity index (χ1) is 11.7. The van der Waals surface area contributed by atoms with Gasteiger partial charge in [-0.3, -0.25) is 4.79 Å². The molecule has 1 heterocycles. The van der Waals surface area contributed by atoms with Gasteiger partial charge in [-0.05, 0) is 42.7 Å². The van der Waals surface area contributed by atoms with Crippen LogP contribution in [0.15, 0.2) is 54.6 Å². The molecule has 124 valence electrons. The van der Waals surface area contributed by atoms with Crippen LogP contribution in [0.5, 0.6) is 5.75 Å². The molecule has 2 fully saturated rings. The zero-order valence-electron chi connectivity index (χ0n) is 13.7. The summed E-state index contributed by atoms with van der Waals surface area (Å²) in [6.07, 6.45) is 2.37. The molecule has 1 saturated carbocycles. The van der Waals surface area contributed by atoms with Crippen LogP contribution in [0, 0.1) is 0 Å². The standard InChI is InChI=1S/C20H22N2O2/c23-19(22-13-12-21-20(15-22)10-11-20)17-6-8-18(9-7-17)24-14-16-4-2-1-3-5-16/h1-9,21H,10-15H2. The van der Waals surface area contributed by atoms with Gasteiger partial charge in [0.1, 0.15) is 12.4 Å². The molecule has 2 aromatic rings.